The highest BCUT2D eigenvalue weighted by molar-refractivity contribution is 6.12. The molecule has 0 aliphatic carbocycles. The van der Waals surface area contributed by atoms with Crippen LogP contribution in [0.15, 0.2) is 53.5 Å². The summed E-state index contributed by atoms with van der Waals surface area (Å²) in [6, 6.07) is 15.6. The molecule has 2 aromatic carbocycles. The van der Waals surface area contributed by atoms with Crippen LogP contribution in [0.3, 0.4) is 0 Å². The van der Waals surface area contributed by atoms with Crippen molar-refractivity contribution in [1.82, 2.24) is 9.55 Å². The SMILES string of the molecule is CCCCCN1C(=O)[C@@]2(N=C(N)Nc3nc4ccccc4n32)c2ccccc21. The van der Waals surface area contributed by atoms with Gasteiger partial charge in [-0.2, -0.15) is 0 Å². The number of carbonyl (C=O) groups excluding carboxylic acids is 1. The van der Waals surface area contributed by atoms with Gasteiger partial charge in [-0.15, -0.1) is 0 Å². The summed E-state index contributed by atoms with van der Waals surface area (Å²) in [6.45, 7) is 2.82. The maximum atomic E-state index is 13.9. The van der Waals surface area contributed by atoms with E-state index in [-0.39, 0.29) is 11.9 Å². The van der Waals surface area contributed by atoms with Gasteiger partial charge in [-0.3, -0.25) is 14.7 Å². The number of unbranched alkanes of at least 4 members (excludes halogenated alkanes) is 2. The van der Waals surface area contributed by atoms with Gasteiger partial charge >= 0.3 is 0 Å². The van der Waals surface area contributed by atoms with Gasteiger partial charge in [-0.25, -0.2) is 9.98 Å². The average Bonchev–Trinajstić information content (AvgIpc) is 3.18. The van der Waals surface area contributed by atoms with Crippen LogP contribution >= 0.6 is 0 Å². The maximum Gasteiger partial charge on any atom is 0.281 e. The van der Waals surface area contributed by atoms with E-state index in [1.165, 1.54) is 0 Å². The third-order valence-corrected chi connectivity index (χ3v) is 5.51. The zero-order valence-corrected chi connectivity index (χ0v) is 15.7. The number of nitrogens with two attached hydrogens (primary N) is 1. The monoisotopic (exact) mass is 374 g/mol. The smallest absolute Gasteiger partial charge is 0.281 e. The minimum absolute atomic E-state index is 0.0846. The molecule has 7 nitrogen and oxygen atoms in total. The van der Waals surface area contributed by atoms with E-state index in [1.807, 2.05) is 58.0 Å². The number of benzene rings is 2. The highest BCUT2D eigenvalue weighted by atomic mass is 16.2. The molecule has 0 unspecified atom stereocenters. The molecule has 7 heteroatoms. The van der Waals surface area contributed by atoms with E-state index >= 15 is 0 Å². The van der Waals surface area contributed by atoms with Crippen LogP contribution in [0.5, 0.6) is 0 Å². The Labute approximate surface area is 162 Å². The lowest BCUT2D eigenvalue weighted by Gasteiger charge is -2.32. The number of anilines is 2. The number of guanidine groups is 1. The first-order chi connectivity index (χ1) is 13.7. The third kappa shape index (κ3) is 2.13. The molecular formula is C21H22N6O. The van der Waals surface area contributed by atoms with Crippen LogP contribution in [0.25, 0.3) is 11.0 Å². The average molecular weight is 374 g/mol. The summed E-state index contributed by atoms with van der Waals surface area (Å²) in [7, 11) is 0. The van der Waals surface area contributed by atoms with Crippen molar-refractivity contribution in [2.45, 2.75) is 31.8 Å². The Balaban J connectivity index is 1.77. The molecule has 0 saturated carbocycles. The fraction of sp³-hybridized carbons (Fsp3) is 0.286. The Morgan fingerprint density at radius 3 is 2.75 bits per heavy atom. The summed E-state index contributed by atoms with van der Waals surface area (Å²) in [5.74, 6) is 0.646. The number of carbonyl (C=O) groups is 1. The van der Waals surface area contributed by atoms with E-state index in [1.54, 1.807) is 0 Å². The number of aliphatic imine (C=N–C) groups is 1. The van der Waals surface area contributed by atoms with Crippen molar-refractivity contribution in [3.05, 3.63) is 54.1 Å². The van der Waals surface area contributed by atoms with Gasteiger partial charge in [-0.1, -0.05) is 50.1 Å². The Morgan fingerprint density at radius 1 is 1.11 bits per heavy atom. The molecule has 0 fully saturated rings. The minimum Gasteiger partial charge on any atom is -0.370 e. The molecule has 1 aromatic heterocycles. The van der Waals surface area contributed by atoms with Gasteiger partial charge in [-0.05, 0) is 24.6 Å². The molecule has 28 heavy (non-hydrogen) atoms. The Kier molecular flexibility index (Phi) is 3.65. The number of rotatable bonds is 4. The molecule has 3 N–H and O–H groups in total. The Morgan fingerprint density at radius 2 is 1.89 bits per heavy atom. The fourth-order valence-electron chi connectivity index (χ4n) is 4.29. The summed E-state index contributed by atoms with van der Waals surface area (Å²) >= 11 is 0. The van der Waals surface area contributed by atoms with Crippen LogP contribution in [0.4, 0.5) is 11.6 Å². The number of aromatic nitrogens is 2. The first kappa shape index (κ1) is 16.8. The highest BCUT2D eigenvalue weighted by Gasteiger charge is 2.55. The van der Waals surface area contributed by atoms with Crippen LogP contribution < -0.4 is 16.0 Å². The van der Waals surface area contributed by atoms with Gasteiger partial charge in [0.05, 0.1) is 16.7 Å². The molecule has 1 atom stereocenters. The first-order valence-corrected chi connectivity index (χ1v) is 9.68. The van der Waals surface area contributed by atoms with Crippen molar-refractivity contribution in [3.63, 3.8) is 0 Å². The largest absolute Gasteiger partial charge is 0.370 e. The number of nitrogens with zero attached hydrogens (tertiary/aromatic N) is 4. The van der Waals surface area contributed by atoms with E-state index in [2.05, 4.69) is 17.2 Å². The molecule has 0 saturated heterocycles. The number of hydrogen-bond acceptors (Lipinski definition) is 5. The predicted molar refractivity (Wildman–Crippen MR) is 110 cm³/mol. The van der Waals surface area contributed by atoms with E-state index in [4.69, 9.17) is 10.7 Å². The summed E-state index contributed by atoms with van der Waals surface area (Å²) in [5.41, 5.74) is 8.24. The van der Waals surface area contributed by atoms with E-state index in [0.717, 1.165) is 41.5 Å². The third-order valence-electron chi connectivity index (χ3n) is 5.51. The minimum atomic E-state index is -1.26. The lowest BCUT2D eigenvalue weighted by atomic mass is 10.00. The molecule has 0 bridgehead atoms. The molecule has 5 rings (SSSR count). The Hall–Kier alpha value is -3.35. The molecular weight excluding hydrogens is 352 g/mol. The first-order valence-electron chi connectivity index (χ1n) is 9.68. The molecule has 1 amide bonds. The van der Waals surface area contributed by atoms with Crippen LogP contribution in [-0.2, 0) is 10.5 Å². The van der Waals surface area contributed by atoms with E-state index in [9.17, 15) is 4.79 Å². The molecule has 2 aliphatic heterocycles. The predicted octanol–water partition coefficient (Wildman–Crippen LogP) is 3.01. The van der Waals surface area contributed by atoms with Crippen LogP contribution in [0.1, 0.15) is 31.7 Å². The van der Waals surface area contributed by atoms with Crippen LogP contribution in [0.2, 0.25) is 0 Å². The van der Waals surface area contributed by atoms with Gasteiger partial charge in [0, 0.05) is 12.1 Å². The zero-order chi connectivity index (χ0) is 19.3. The Bertz CT molecular complexity index is 1120. The molecule has 0 radical (unpaired) electrons. The second-order valence-corrected chi connectivity index (χ2v) is 7.23. The summed E-state index contributed by atoms with van der Waals surface area (Å²) < 4.78 is 1.89. The van der Waals surface area contributed by atoms with Crippen LogP contribution in [0, 0.1) is 0 Å². The standard InChI is InChI=1S/C21H22N6O/c1-2-3-8-13-26-16-11-6-4-9-14(16)21(18(26)28)25-19(22)24-20-23-15-10-5-7-12-17(15)27(20)21/h4-7,9-12H,2-3,8,13H2,1H3,(H3,22,23,24,25)/t21-/m1/s1. The van der Waals surface area contributed by atoms with Gasteiger partial charge < -0.3 is 10.6 Å². The van der Waals surface area contributed by atoms with Crippen molar-refractivity contribution in [1.29, 1.82) is 0 Å². The fourth-order valence-corrected chi connectivity index (χ4v) is 4.29. The molecule has 142 valence electrons. The van der Waals surface area contributed by atoms with Crippen LogP contribution in [-0.4, -0.2) is 28.0 Å². The number of nitrogens with one attached hydrogen (secondary N) is 1. The van der Waals surface area contributed by atoms with Gasteiger partial charge in [0.25, 0.3) is 5.91 Å². The van der Waals surface area contributed by atoms with Gasteiger partial charge in [0.1, 0.15) is 0 Å². The highest BCUT2D eigenvalue weighted by Crippen LogP contribution is 2.48. The normalized spacial score (nSPS) is 20.2. The van der Waals surface area contributed by atoms with Crippen molar-refractivity contribution in [2.75, 3.05) is 16.8 Å². The molecule has 2 aliphatic rings. The zero-order valence-electron chi connectivity index (χ0n) is 15.7. The van der Waals surface area contributed by atoms with Crippen molar-refractivity contribution >= 4 is 34.5 Å². The van der Waals surface area contributed by atoms with Gasteiger partial charge in [0.2, 0.25) is 11.6 Å². The number of fused-ring (bicyclic) bond motifs is 6. The summed E-state index contributed by atoms with van der Waals surface area (Å²) in [4.78, 5) is 25.1. The number of hydrogen-bond donors (Lipinski definition) is 2. The van der Waals surface area contributed by atoms with Crippen molar-refractivity contribution in [3.8, 4) is 0 Å². The topological polar surface area (TPSA) is 88.5 Å². The molecule has 1 spiro atoms. The van der Waals surface area contributed by atoms with Crippen molar-refractivity contribution < 1.29 is 4.79 Å². The second kappa shape index (κ2) is 6.09. The van der Waals surface area contributed by atoms with E-state index < -0.39 is 5.66 Å². The second-order valence-electron chi connectivity index (χ2n) is 7.23. The molecule has 3 aromatic rings. The summed E-state index contributed by atoms with van der Waals surface area (Å²) in [5, 5.41) is 3.03. The number of amides is 1. The summed E-state index contributed by atoms with van der Waals surface area (Å²) in [6.07, 6.45) is 3.12. The lowest BCUT2D eigenvalue weighted by molar-refractivity contribution is -0.123. The van der Waals surface area contributed by atoms with Gasteiger partial charge in [0.15, 0.2) is 5.96 Å². The molecule has 3 heterocycles. The van der Waals surface area contributed by atoms with Crippen molar-refractivity contribution in [2.24, 2.45) is 10.7 Å². The quantitative estimate of drug-likeness (QED) is 0.687. The maximum absolute atomic E-state index is 13.9. The lowest BCUT2D eigenvalue weighted by Crippen LogP contribution is -2.49. The van der Waals surface area contributed by atoms with E-state index in [0.29, 0.717) is 12.5 Å². The number of para-hydroxylation sites is 3. The number of imidazole rings is 1.